The monoisotopic (exact) mass is 553 g/mol. The average Bonchev–Trinajstić information content (AvgIpc) is 3.71. The van der Waals surface area contributed by atoms with Gasteiger partial charge in [-0.25, -0.2) is 0 Å². The van der Waals surface area contributed by atoms with Crippen molar-refractivity contribution in [2.45, 2.75) is 32.1 Å². The molecular formula is C39H28BNS. The fourth-order valence-electron chi connectivity index (χ4n) is 8.80. The van der Waals surface area contributed by atoms with Crippen LogP contribution < -0.4 is 10.9 Å². The zero-order valence-corrected chi connectivity index (χ0v) is 24.7. The highest BCUT2D eigenvalue weighted by Crippen LogP contribution is 2.62. The fraction of sp³-hybridized carbons (Fsp3) is 0.128. The Hall–Kier alpha value is -4.34. The molecule has 1 atom stereocenters. The molecule has 0 radical (unpaired) electrons. The van der Waals surface area contributed by atoms with E-state index in [1.165, 1.54) is 81.1 Å². The molecule has 5 aromatic carbocycles. The van der Waals surface area contributed by atoms with Gasteiger partial charge in [0, 0.05) is 37.8 Å². The molecule has 3 heterocycles. The van der Waals surface area contributed by atoms with Crippen LogP contribution in [-0.2, 0) is 5.41 Å². The molecule has 0 fully saturated rings. The number of benzene rings is 5. The smallest absolute Gasteiger partial charge is 0.193 e. The molecule has 1 N–H and O–H groups in total. The Kier molecular flexibility index (Phi) is 4.28. The number of hydrogen-bond acceptors (Lipinski definition) is 1. The first-order valence-corrected chi connectivity index (χ1v) is 15.8. The Morgan fingerprint density at radius 1 is 0.762 bits per heavy atom. The molecule has 2 aromatic heterocycles. The molecule has 7 aromatic rings. The average molecular weight is 554 g/mol. The normalized spacial score (nSPS) is 17.5. The Labute approximate surface area is 249 Å². The predicted octanol–water partition coefficient (Wildman–Crippen LogP) is 8.56. The van der Waals surface area contributed by atoms with Gasteiger partial charge in [0.2, 0.25) is 0 Å². The van der Waals surface area contributed by atoms with Gasteiger partial charge in [-0.2, -0.15) is 0 Å². The Morgan fingerprint density at radius 2 is 1.52 bits per heavy atom. The summed E-state index contributed by atoms with van der Waals surface area (Å²) in [6.07, 6.45) is 0. The van der Waals surface area contributed by atoms with E-state index in [1.807, 2.05) is 11.3 Å². The number of nitrogens with one attached hydrogen (secondary N) is 1. The highest BCUT2D eigenvalue weighted by molar-refractivity contribution is 7.25. The first kappa shape index (κ1) is 23.3. The molecule has 0 spiro atoms. The zero-order valence-electron chi connectivity index (χ0n) is 23.9. The minimum absolute atomic E-state index is 0.00439. The number of thiophene rings is 1. The molecule has 0 saturated heterocycles. The molecule has 3 heteroatoms. The van der Waals surface area contributed by atoms with Crippen molar-refractivity contribution >= 4 is 71.9 Å². The third-order valence-corrected chi connectivity index (χ3v) is 11.5. The number of para-hydroxylation sites is 1. The van der Waals surface area contributed by atoms with Crippen molar-refractivity contribution in [3.63, 3.8) is 0 Å². The molecule has 42 heavy (non-hydrogen) atoms. The second-order valence-electron chi connectivity index (χ2n) is 13.0. The second kappa shape index (κ2) is 7.73. The third kappa shape index (κ3) is 2.71. The van der Waals surface area contributed by atoms with Gasteiger partial charge in [-0.1, -0.05) is 121 Å². The van der Waals surface area contributed by atoms with Crippen molar-refractivity contribution in [1.29, 1.82) is 0 Å². The minimum atomic E-state index is -0.00439. The topological polar surface area (TPSA) is 15.8 Å². The van der Waals surface area contributed by atoms with Gasteiger partial charge in [-0.15, -0.1) is 11.3 Å². The van der Waals surface area contributed by atoms with E-state index in [1.54, 1.807) is 16.7 Å². The number of aryl methyl sites for hydroxylation is 1. The summed E-state index contributed by atoms with van der Waals surface area (Å²) >= 11 is 1.87. The second-order valence-corrected chi connectivity index (χ2v) is 14.0. The van der Waals surface area contributed by atoms with Crippen LogP contribution in [0.15, 0.2) is 97.1 Å². The largest absolute Gasteiger partial charge is 0.346 e. The first-order chi connectivity index (χ1) is 20.5. The number of aromatic nitrogens is 1. The summed E-state index contributed by atoms with van der Waals surface area (Å²) < 4.78 is 1.34. The van der Waals surface area contributed by atoms with E-state index < -0.39 is 0 Å². The van der Waals surface area contributed by atoms with E-state index in [0.717, 1.165) is 7.28 Å². The van der Waals surface area contributed by atoms with E-state index in [2.05, 4.69) is 123 Å². The van der Waals surface area contributed by atoms with E-state index in [0.29, 0.717) is 0 Å². The van der Waals surface area contributed by atoms with Crippen LogP contribution in [0.2, 0.25) is 0 Å². The van der Waals surface area contributed by atoms with Crippen LogP contribution in [0.4, 0.5) is 0 Å². The summed E-state index contributed by atoms with van der Waals surface area (Å²) in [7, 11) is 0.974. The van der Waals surface area contributed by atoms with Gasteiger partial charge in [-0.05, 0) is 57.5 Å². The van der Waals surface area contributed by atoms with Crippen LogP contribution in [0, 0.1) is 6.92 Å². The van der Waals surface area contributed by atoms with Crippen molar-refractivity contribution in [3.8, 4) is 11.1 Å². The Bertz CT molecular complexity index is 2380. The number of fused-ring (bicyclic) bond motifs is 11. The molecule has 2 aliphatic carbocycles. The molecule has 3 aliphatic rings. The first-order valence-electron chi connectivity index (χ1n) is 15.0. The molecule has 1 unspecified atom stereocenters. The Morgan fingerprint density at radius 3 is 2.45 bits per heavy atom. The molecule has 0 saturated carbocycles. The number of rotatable bonds is 1. The molecule has 0 bridgehead atoms. The van der Waals surface area contributed by atoms with E-state index in [9.17, 15) is 0 Å². The predicted molar refractivity (Wildman–Crippen MR) is 182 cm³/mol. The van der Waals surface area contributed by atoms with Crippen molar-refractivity contribution in [2.24, 2.45) is 0 Å². The summed E-state index contributed by atoms with van der Waals surface area (Å²) in [6.45, 7) is 7.13. The molecule has 1 aliphatic heterocycles. The van der Waals surface area contributed by atoms with Crippen molar-refractivity contribution in [3.05, 3.63) is 130 Å². The third-order valence-electron chi connectivity index (χ3n) is 10.4. The van der Waals surface area contributed by atoms with Gasteiger partial charge in [-0.3, -0.25) is 0 Å². The van der Waals surface area contributed by atoms with Gasteiger partial charge < -0.3 is 4.98 Å². The summed E-state index contributed by atoms with van der Waals surface area (Å²) in [5.74, 6) is 0.284. The Balaban J connectivity index is 1.27. The summed E-state index contributed by atoms with van der Waals surface area (Å²) in [4.78, 5) is 5.15. The maximum Gasteiger partial charge on any atom is 0.193 e. The number of allylic oxidation sites excluding steroid dienone is 2. The minimum Gasteiger partial charge on any atom is -0.346 e. The molecule has 0 amide bonds. The van der Waals surface area contributed by atoms with Crippen molar-refractivity contribution in [1.82, 2.24) is 4.98 Å². The van der Waals surface area contributed by atoms with Crippen molar-refractivity contribution in [2.75, 3.05) is 0 Å². The molecular weight excluding hydrogens is 525 g/mol. The number of H-pyrrole nitrogens is 1. The zero-order chi connectivity index (χ0) is 27.9. The van der Waals surface area contributed by atoms with Crippen LogP contribution in [-0.4, -0.2) is 12.3 Å². The fourth-order valence-corrected chi connectivity index (χ4v) is 9.92. The van der Waals surface area contributed by atoms with Gasteiger partial charge in [0.25, 0.3) is 0 Å². The van der Waals surface area contributed by atoms with Crippen LogP contribution in [0.25, 0.3) is 53.5 Å². The van der Waals surface area contributed by atoms with Gasteiger partial charge in [0.1, 0.15) is 4.83 Å². The lowest BCUT2D eigenvalue weighted by Crippen LogP contribution is -2.40. The molecule has 1 nitrogen and oxygen atoms in total. The quantitative estimate of drug-likeness (QED) is 0.196. The summed E-state index contributed by atoms with van der Waals surface area (Å²) in [5, 5.41) is 4.03. The van der Waals surface area contributed by atoms with E-state index >= 15 is 0 Å². The standard InChI is InChI=1S/C39H28BNS/c1-20-18-26(21-12-8-14-25-31-23-11-5-7-17-30(23)42-38(31)41-37(21)25)36-27(19-20)33-32-24(13-9-16-29(32)40-36)35-34(33)22-10-4-6-15-28(22)39(35,2)3/h4-19,33,40-41H,1-3H3. The van der Waals surface area contributed by atoms with Gasteiger partial charge >= 0.3 is 0 Å². The number of hydrogen-bond donors (Lipinski definition) is 1. The lowest BCUT2D eigenvalue weighted by atomic mass is 9.52. The maximum atomic E-state index is 3.89. The summed E-state index contributed by atoms with van der Waals surface area (Å²) in [5.41, 5.74) is 18.8. The number of aromatic amines is 1. The highest BCUT2D eigenvalue weighted by atomic mass is 32.1. The molecule has 10 rings (SSSR count). The van der Waals surface area contributed by atoms with Crippen LogP contribution in [0.1, 0.15) is 53.1 Å². The van der Waals surface area contributed by atoms with E-state index in [-0.39, 0.29) is 11.3 Å². The van der Waals surface area contributed by atoms with Crippen LogP contribution in [0.5, 0.6) is 0 Å². The van der Waals surface area contributed by atoms with Crippen LogP contribution in [0.3, 0.4) is 0 Å². The lowest BCUT2D eigenvalue weighted by Gasteiger charge is -2.31. The van der Waals surface area contributed by atoms with Gasteiger partial charge in [0.15, 0.2) is 7.28 Å². The lowest BCUT2D eigenvalue weighted by molar-refractivity contribution is 0.704. The molecule has 198 valence electrons. The van der Waals surface area contributed by atoms with Gasteiger partial charge in [0.05, 0.1) is 5.52 Å². The van der Waals surface area contributed by atoms with Crippen molar-refractivity contribution < 1.29 is 0 Å². The van der Waals surface area contributed by atoms with E-state index in [4.69, 9.17) is 0 Å². The SMILES string of the molecule is Cc1cc(-c2cccc3c2[nH]c2sc4ccccc4c23)c2c(c1)C1C3=C(c4cccc(c41)B2)C(C)(C)c1ccccc13. The maximum absolute atomic E-state index is 3.89. The summed E-state index contributed by atoms with van der Waals surface area (Å²) in [6, 6.07) is 36.8. The highest BCUT2D eigenvalue weighted by Gasteiger charge is 2.49. The van der Waals surface area contributed by atoms with Crippen LogP contribution >= 0.6 is 11.3 Å².